The Morgan fingerprint density at radius 1 is 0.844 bits per heavy atom. The fourth-order valence-electron chi connectivity index (χ4n) is 4.27. The highest BCUT2D eigenvalue weighted by Gasteiger charge is 2.42. The summed E-state index contributed by atoms with van der Waals surface area (Å²) in [4.78, 5) is 43.0. The van der Waals surface area contributed by atoms with Crippen LogP contribution in [0.5, 0.6) is 11.5 Å². The Balaban J connectivity index is 1.57. The number of hydroxylamine groups is 1. The lowest BCUT2D eigenvalue weighted by molar-refractivity contribution is -0.207. The number of rotatable bonds is 11. The van der Waals surface area contributed by atoms with Gasteiger partial charge in [-0.05, 0) is 64.9 Å². The second-order valence-corrected chi connectivity index (χ2v) is 10.6. The normalized spacial score (nSPS) is 11.0. The lowest BCUT2D eigenvalue weighted by atomic mass is 10.0. The summed E-state index contributed by atoms with van der Waals surface area (Å²) >= 11 is 1.65. The molecule has 234 valence electrons. The zero-order valence-electron chi connectivity index (χ0n) is 24.2. The molecule has 4 aromatic rings. The number of carbonyl (C=O) groups is 3. The molecule has 0 atom stereocenters. The van der Waals surface area contributed by atoms with Crippen molar-refractivity contribution in [1.82, 2.24) is 5.48 Å². The van der Waals surface area contributed by atoms with Gasteiger partial charge in [0.2, 0.25) is 5.91 Å². The summed E-state index contributed by atoms with van der Waals surface area (Å²) in [7, 11) is 0. The lowest BCUT2D eigenvalue weighted by Crippen LogP contribution is -2.36. The van der Waals surface area contributed by atoms with Crippen LogP contribution in [0.25, 0.3) is 11.1 Å². The SMILES string of the molecule is CSc1ccc(-c2ccc(CN(C(=O)CCC(=O)NOC(=O)C(F)(F)F)c3ccccc3Oc3cccc(CN)c3)cc2)cc1. The van der Waals surface area contributed by atoms with Gasteiger partial charge in [0.1, 0.15) is 5.75 Å². The predicted octanol–water partition coefficient (Wildman–Crippen LogP) is 6.78. The molecular weight excluding hydrogens is 607 g/mol. The van der Waals surface area contributed by atoms with E-state index in [1.807, 2.05) is 60.9 Å². The molecule has 0 saturated heterocycles. The van der Waals surface area contributed by atoms with E-state index < -0.39 is 36.8 Å². The van der Waals surface area contributed by atoms with E-state index in [0.717, 1.165) is 27.1 Å². The highest BCUT2D eigenvalue weighted by Crippen LogP contribution is 2.34. The maximum absolute atomic E-state index is 13.6. The highest BCUT2D eigenvalue weighted by molar-refractivity contribution is 7.98. The van der Waals surface area contributed by atoms with Gasteiger partial charge in [-0.1, -0.05) is 60.7 Å². The van der Waals surface area contributed by atoms with Crippen molar-refractivity contribution < 1.29 is 37.1 Å². The van der Waals surface area contributed by atoms with Crippen LogP contribution < -0.4 is 20.9 Å². The number of para-hydroxylation sites is 2. The molecule has 0 bridgehead atoms. The van der Waals surface area contributed by atoms with Crippen molar-refractivity contribution in [3.8, 4) is 22.6 Å². The van der Waals surface area contributed by atoms with E-state index in [-0.39, 0.29) is 6.54 Å². The number of thioether (sulfide) groups is 1. The number of halogens is 3. The standard InChI is InChI=1S/C33H30F3N3O5S/c1-45-27-15-13-25(14-16-27)24-11-9-22(10-12-24)21-39(31(41)18-17-30(40)38-44-32(42)33(34,35)36)28-7-2-3-8-29(28)43-26-6-4-5-23(19-26)20-37/h2-16,19H,17-18,20-21,37H2,1H3,(H,38,40). The molecule has 0 fully saturated rings. The van der Waals surface area contributed by atoms with E-state index in [2.05, 4.69) is 4.84 Å². The van der Waals surface area contributed by atoms with Crippen LogP contribution in [0.2, 0.25) is 0 Å². The van der Waals surface area contributed by atoms with Crippen LogP contribution in [-0.2, 0) is 32.3 Å². The van der Waals surface area contributed by atoms with Crippen LogP contribution in [0.15, 0.2) is 102 Å². The number of ether oxygens (including phenoxy) is 1. The van der Waals surface area contributed by atoms with E-state index in [1.165, 1.54) is 10.4 Å². The van der Waals surface area contributed by atoms with Crippen molar-refractivity contribution in [1.29, 1.82) is 0 Å². The van der Waals surface area contributed by atoms with Gasteiger partial charge in [0.15, 0.2) is 5.75 Å². The molecule has 0 aromatic heterocycles. The highest BCUT2D eigenvalue weighted by atomic mass is 32.2. The van der Waals surface area contributed by atoms with E-state index in [1.54, 1.807) is 54.2 Å². The van der Waals surface area contributed by atoms with Gasteiger partial charge in [-0.3, -0.25) is 9.59 Å². The van der Waals surface area contributed by atoms with Gasteiger partial charge in [-0.15, -0.1) is 11.8 Å². The number of carbonyl (C=O) groups excluding carboxylic acids is 3. The summed E-state index contributed by atoms with van der Waals surface area (Å²) in [6.45, 7) is 0.403. The average Bonchev–Trinajstić information content (AvgIpc) is 3.05. The Morgan fingerprint density at radius 3 is 2.16 bits per heavy atom. The molecule has 0 saturated carbocycles. The zero-order chi connectivity index (χ0) is 32.4. The van der Waals surface area contributed by atoms with Crippen LogP contribution in [0.1, 0.15) is 24.0 Å². The van der Waals surface area contributed by atoms with Gasteiger partial charge in [0.25, 0.3) is 5.91 Å². The van der Waals surface area contributed by atoms with Crippen molar-refractivity contribution in [3.05, 3.63) is 108 Å². The lowest BCUT2D eigenvalue weighted by Gasteiger charge is -2.25. The minimum atomic E-state index is -5.28. The largest absolute Gasteiger partial charge is 0.493 e. The first-order valence-electron chi connectivity index (χ1n) is 13.7. The summed E-state index contributed by atoms with van der Waals surface area (Å²) in [5, 5.41) is 0. The number of hydrogen-bond acceptors (Lipinski definition) is 7. The van der Waals surface area contributed by atoms with Gasteiger partial charge in [0, 0.05) is 24.3 Å². The van der Waals surface area contributed by atoms with Crippen molar-refractivity contribution in [2.24, 2.45) is 5.73 Å². The van der Waals surface area contributed by atoms with Gasteiger partial charge >= 0.3 is 12.1 Å². The Labute approximate surface area is 262 Å². The zero-order valence-corrected chi connectivity index (χ0v) is 25.0. The first-order valence-corrected chi connectivity index (χ1v) is 15.0. The summed E-state index contributed by atoms with van der Waals surface area (Å²) in [5.41, 5.74) is 11.2. The molecule has 4 rings (SSSR count). The quantitative estimate of drug-likeness (QED) is 0.138. The number of nitrogens with one attached hydrogen (secondary N) is 1. The van der Waals surface area contributed by atoms with Gasteiger partial charge < -0.3 is 20.2 Å². The first-order chi connectivity index (χ1) is 21.6. The minimum Gasteiger partial charge on any atom is -0.455 e. The first kappa shape index (κ1) is 33.1. The molecule has 0 aliphatic heterocycles. The maximum Gasteiger partial charge on any atom is 0.493 e. The van der Waals surface area contributed by atoms with Crippen LogP contribution in [0.3, 0.4) is 0 Å². The molecule has 0 radical (unpaired) electrons. The topological polar surface area (TPSA) is 111 Å². The van der Waals surface area contributed by atoms with E-state index in [0.29, 0.717) is 23.7 Å². The number of alkyl halides is 3. The third-order valence-corrected chi connectivity index (χ3v) is 7.34. The number of benzene rings is 4. The molecule has 0 heterocycles. The van der Waals surface area contributed by atoms with E-state index >= 15 is 0 Å². The fourth-order valence-corrected chi connectivity index (χ4v) is 4.68. The van der Waals surface area contributed by atoms with Crippen molar-refractivity contribution in [3.63, 3.8) is 0 Å². The predicted molar refractivity (Wildman–Crippen MR) is 165 cm³/mol. The number of hydrogen-bond donors (Lipinski definition) is 2. The third-order valence-electron chi connectivity index (χ3n) is 6.59. The van der Waals surface area contributed by atoms with Crippen molar-refractivity contribution in [2.75, 3.05) is 11.2 Å². The molecule has 2 amide bonds. The maximum atomic E-state index is 13.6. The second-order valence-electron chi connectivity index (χ2n) is 9.74. The minimum absolute atomic E-state index is 0.0957. The monoisotopic (exact) mass is 637 g/mol. The molecule has 0 spiro atoms. The fraction of sp³-hybridized carbons (Fsp3) is 0.182. The number of nitrogens with zero attached hydrogens (tertiary/aromatic N) is 1. The van der Waals surface area contributed by atoms with Crippen molar-refractivity contribution >= 4 is 35.2 Å². The average molecular weight is 638 g/mol. The number of amides is 2. The van der Waals surface area contributed by atoms with Crippen LogP contribution >= 0.6 is 11.8 Å². The van der Waals surface area contributed by atoms with Crippen LogP contribution in [0, 0.1) is 0 Å². The Hall–Kier alpha value is -4.81. The Kier molecular flexibility index (Phi) is 11.2. The Morgan fingerprint density at radius 2 is 1.51 bits per heavy atom. The van der Waals surface area contributed by atoms with Gasteiger partial charge in [0.05, 0.1) is 12.2 Å². The van der Waals surface area contributed by atoms with Crippen LogP contribution in [0.4, 0.5) is 18.9 Å². The molecular formula is C33H30F3N3O5S. The molecule has 0 aliphatic carbocycles. The number of anilines is 1. The van der Waals surface area contributed by atoms with Gasteiger partial charge in [-0.25, -0.2) is 4.79 Å². The Bertz CT molecular complexity index is 1630. The number of nitrogens with two attached hydrogens (primary N) is 1. The summed E-state index contributed by atoms with van der Waals surface area (Å²) in [6, 6.07) is 29.8. The summed E-state index contributed by atoms with van der Waals surface area (Å²) < 4.78 is 43.3. The molecule has 4 aromatic carbocycles. The summed E-state index contributed by atoms with van der Waals surface area (Å²) in [5.74, 6) is -3.30. The molecule has 8 nitrogen and oxygen atoms in total. The molecule has 0 unspecified atom stereocenters. The molecule has 45 heavy (non-hydrogen) atoms. The van der Waals surface area contributed by atoms with E-state index in [9.17, 15) is 27.6 Å². The molecule has 3 N–H and O–H groups in total. The third kappa shape index (κ3) is 9.34. The van der Waals surface area contributed by atoms with Gasteiger partial charge in [-0.2, -0.15) is 18.7 Å². The van der Waals surface area contributed by atoms with E-state index in [4.69, 9.17) is 10.5 Å². The molecule has 0 aliphatic rings. The second kappa shape index (κ2) is 15.3. The summed E-state index contributed by atoms with van der Waals surface area (Å²) in [6.07, 6.45) is -4.20. The smallest absolute Gasteiger partial charge is 0.455 e. The molecule has 12 heteroatoms. The van der Waals surface area contributed by atoms with Crippen molar-refractivity contribution in [2.45, 2.75) is 37.0 Å². The van der Waals surface area contributed by atoms with Crippen LogP contribution in [-0.4, -0.2) is 30.2 Å².